The van der Waals surface area contributed by atoms with E-state index in [9.17, 15) is 5.26 Å². The topological polar surface area (TPSA) is 33.0 Å². The summed E-state index contributed by atoms with van der Waals surface area (Å²) in [7, 11) is 0. The van der Waals surface area contributed by atoms with Crippen LogP contribution >= 0.6 is 0 Å². The van der Waals surface area contributed by atoms with Gasteiger partial charge in [-0.15, -0.1) is 0 Å². The van der Waals surface area contributed by atoms with Gasteiger partial charge in [-0.05, 0) is 48.2 Å². The fraction of sp³-hybridized carbons (Fsp3) is 0.227. The minimum absolute atomic E-state index is 0.0641. The molecule has 0 radical (unpaired) electrons. The highest BCUT2D eigenvalue weighted by Gasteiger charge is 2.10. The normalized spacial score (nSPS) is 11.8. The monoisotopic (exact) mass is 315 g/mol. The lowest BCUT2D eigenvalue weighted by molar-refractivity contribution is 0.305. The number of hydrogen-bond acceptors (Lipinski definition) is 2. The molecule has 120 valence electrons. The third kappa shape index (κ3) is 3.94. The first-order chi connectivity index (χ1) is 11.8. The van der Waals surface area contributed by atoms with Gasteiger partial charge >= 0.3 is 0 Å². The molecular weight excluding hydrogens is 294 g/mol. The summed E-state index contributed by atoms with van der Waals surface area (Å²) in [5.74, 6) is 0.823. The van der Waals surface area contributed by atoms with Gasteiger partial charge in [-0.1, -0.05) is 60.2 Å². The summed E-state index contributed by atoms with van der Waals surface area (Å²) in [6, 6.07) is 25.0. The number of benzene rings is 3. The summed E-state index contributed by atoms with van der Waals surface area (Å²) >= 11 is 0. The van der Waals surface area contributed by atoms with Crippen molar-refractivity contribution in [3.05, 3.63) is 77.9 Å². The van der Waals surface area contributed by atoms with Crippen molar-refractivity contribution in [2.45, 2.75) is 25.7 Å². The van der Waals surface area contributed by atoms with Crippen molar-refractivity contribution in [2.75, 3.05) is 6.61 Å². The quantitative estimate of drug-likeness (QED) is 0.553. The average Bonchev–Trinajstić information content (AvgIpc) is 2.63. The third-order valence-corrected chi connectivity index (χ3v) is 4.26. The van der Waals surface area contributed by atoms with Crippen LogP contribution in [0.15, 0.2) is 66.7 Å². The first kappa shape index (κ1) is 16.1. The molecule has 0 spiro atoms. The van der Waals surface area contributed by atoms with E-state index in [1.165, 1.54) is 16.3 Å². The molecule has 0 amide bonds. The molecule has 0 saturated carbocycles. The number of fused-ring (bicyclic) bond motifs is 1. The van der Waals surface area contributed by atoms with Crippen LogP contribution < -0.4 is 4.74 Å². The first-order valence-electron chi connectivity index (χ1n) is 8.34. The van der Waals surface area contributed by atoms with Crippen LogP contribution in [-0.4, -0.2) is 6.61 Å². The van der Waals surface area contributed by atoms with Crippen LogP contribution in [0.25, 0.3) is 10.8 Å². The van der Waals surface area contributed by atoms with Crippen molar-refractivity contribution in [3.8, 4) is 11.8 Å². The van der Waals surface area contributed by atoms with E-state index in [4.69, 9.17) is 4.74 Å². The van der Waals surface area contributed by atoms with E-state index in [0.29, 0.717) is 6.61 Å². The molecule has 2 heteroatoms. The molecule has 0 aliphatic heterocycles. The van der Waals surface area contributed by atoms with Crippen LogP contribution in [-0.2, 0) is 0 Å². The second-order valence-corrected chi connectivity index (χ2v) is 6.09. The molecule has 3 rings (SSSR count). The molecule has 0 bridgehead atoms. The fourth-order valence-corrected chi connectivity index (χ4v) is 2.84. The van der Waals surface area contributed by atoms with E-state index in [1.54, 1.807) is 0 Å². The van der Waals surface area contributed by atoms with Crippen LogP contribution in [0.4, 0.5) is 0 Å². The molecule has 24 heavy (non-hydrogen) atoms. The molecule has 3 aromatic rings. The Balaban J connectivity index is 1.53. The molecule has 3 aromatic carbocycles. The predicted molar refractivity (Wildman–Crippen MR) is 98.2 cm³/mol. The van der Waals surface area contributed by atoms with Gasteiger partial charge in [-0.3, -0.25) is 0 Å². The Bertz CT molecular complexity index is 846. The predicted octanol–water partition coefficient (Wildman–Crippen LogP) is 5.61. The van der Waals surface area contributed by atoms with Gasteiger partial charge in [0.1, 0.15) is 5.75 Å². The number of hydrogen-bond donors (Lipinski definition) is 0. The smallest absolute Gasteiger partial charge is 0.119 e. The van der Waals surface area contributed by atoms with Gasteiger partial charge in [0.25, 0.3) is 0 Å². The minimum Gasteiger partial charge on any atom is -0.494 e. The van der Waals surface area contributed by atoms with Crippen molar-refractivity contribution < 1.29 is 4.74 Å². The summed E-state index contributed by atoms with van der Waals surface area (Å²) in [5.41, 5.74) is 2.31. The summed E-state index contributed by atoms with van der Waals surface area (Å²) in [6.07, 6.45) is 1.67. The Hall–Kier alpha value is -2.79. The Morgan fingerprint density at radius 2 is 1.71 bits per heavy atom. The SMILES string of the molecule is Cc1ccc(C(C#N)CCCOc2ccc3ccccc3c2)cc1. The van der Waals surface area contributed by atoms with Gasteiger partial charge in [0, 0.05) is 0 Å². The maximum absolute atomic E-state index is 9.39. The Morgan fingerprint density at radius 3 is 2.46 bits per heavy atom. The van der Waals surface area contributed by atoms with E-state index in [-0.39, 0.29) is 5.92 Å². The summed E-state index contributed by atoms with van der Waals surface area (Å²) < 4.78 is 5.85. The average molecular weight is 315 g/mol. The van der Waals surface area contributed by atoms with Crippen molar-refractivity contribution in [1.82, 2.24) is 0 Å². The Labute approximate surface area is 143 Å². The molecule has 0 heterocycles. The van der Waals surface area contributed by atoms with Crippen molar-refractivity contribution in [2.24, 2.45) is 0 Å². The summed E-state index contributed by atoms with van der Waals surface area (Å²) in [5, 5.41) is 11.8. The number of nitriles is 1. The third-order valence-electron chi connectivity index (χ3n) is 4.26. The summed E-state index contributed by atoms with van der Waals surface area (Å²) in [6.45, 7) is 2.69. The molecule has 0 saturated heterocycles. The lowest BCUT2D eigenvalue weighted by Crippen LogP contribution is -2.02. The molecule has 0 aliphatic rings. The second kappa shape index (κ2) is 7.66. The molecule has 1 unspecified atom stereocenters. The number of ether oxygens (including phenoxy) is 1. The standard InChI is InChI=1S/C22H21NO/c1-17-8-10-19(11-9-17)21(16-23)7-4-14-24-22-13-12-18-5-2-3-6-20(18)15-22/h2-3,5-6,8-13,15,21H,4,7,14H2,1H3. The lowest BCUT2D eigenvalue weighted by Gasteiger charge is -2.11. The van der Waals surface area contributed by atoms with E-state index in [1.807, 2.05) is 30.3 Å². The van der Waals surface area contributed by atoms with Crippen LogP contribution in [0.5, 0.6) is 5.75 Å². The van der Waals surface area contributed by atoms with Gasteiger partial charge in [0.15, 0.2) is 0 Å². The molecule has 0 fully saturated rings. The maximum atomic E-state index is 9.39. The lowest BCUT2D eigenvalue weighted by atomic mass is 9.95. The van der Waals surface area contributed by atoms with Crippen LogP contribution in [0.1, 0.15) is 29.9 Å². The molecule has 0 aliphatic carbocycles. The van der Waals surface area contributed by atoms with Crippen LogP contribution in [0.2, 0.25) is 0 Å². The largest absolute Gasteiger partial charge is 0.494 e. The molecular formula is C22H21NO. The summed E-state index contributed by atoms with van der Waals surface area (Å²) in [4.78, 5) is 0. The van der Waals surface area contributed by atoms with Crippen molar-refractivity contribution in [1.29, 1.82) is 5.26 Å². The molecule has 2 nitrogen and oxygen atoms in total. The fourth-order valence-electron chi connectivity index (χ4n) is 2.84. The van der Waals surface area contributed by atoms with Gasteiger partial charge in [-0.2, -0.15) is 5.26 Å². The number of aryl methyl sites for hydroxylation is 1. The van der Waals surface area contributed by atoms with Gasteiger partial charge in [-0.25, -0.2) is 0 Å². The van der Waals surface area contributed by atoms with Crippen molar-refractivity contribution in [3.63, 3.8) is 0 Å². The Kier molecular flexibility index (Phi) is 5.13. The van der Waals surface area contributed by atoms with E-state index in [2.05, 4.69) is 49.4 Å². The van der Waals surface area contributed by atoms with Crippen LogP contribution in [0, 0.1) is 18.3 Å². The minimum atomic E-state index is -0.0641. The molecule has 0 aromatic heterocycles. The van der Waals surface area contributed by atoms with Gasteiger partial charge < -0.3 is 4.74 Å². The zero-order valence-corrected chi connectivity index (χ0v) is 13.9. The highest BCUT2D eigenvalue weighted by molar-refractivity contribution is 5.83. The maximum Gasteiger partial charge on any atom is 0.119 e. The molecule has 1 atom stereocenters. The zero-order valence-electron chi connectivity index (χ0n) is 13.9. The first-order valence-corrected chi connectivity index (χ1v) is 8.34. The highest BCUT2D eigenvalue weighted by Crippen LogP contribution is 2.23. The number of rotatable bonds is 6. The molecule has 0 N–H and O–H groups in total. The van der Waals surface area contributed by atoms with E-state index < -0.39 is 0 Å². The van der Waals surface area contributed by atoms with Crippen molar-refractivity contribution >= 4 is 10.8 Å². The second-order valence-electron chi connectivity index (χ2n) is 6.09. The Morgan fingerprint density at radius 1 is 0.958 bits per heavy atom. The highest BCUT2D eigenvalue weighted by atomic mass is 16.5. The zero-order chi connectivity index (χ0) is 16.8. The number of nitrogens with zero attached hydrogens (tertiary/aromatic N) is 1. The van der Waals surface area contributed by atoms with E-state index in [0.717, 1.165) is 24.2 Å². The van der Waals surface area contributed by atoms with E-state index >= 15 is 0 Å². The van der Waals surface area contributed by atoms with Crippen LogP contribution in [0.3, 0.4) is 0 Å². The van der Waals surface area contributed by atoms with Gasteiger partial charge in [0.2, 0.25) is 0 Å². The van der Waals surface area contributed by atoms with Gasteiger partial charge in [0.05, 0.1) is 18.6 Å².